The lowest BCUT2D eigenvalue weighted by Crippen LogP contribution is -2.69. The molecular weight excluding hydrogens is 600 g/mol. The first-order chi connectivity index (χ1) is 20.0. The van der Waals surface area contributed by atoms with Crippen molar-refractivity contribution >= 4 is 23.3 Å². The third-order valence-corrected chi connectivity index (χ3v) is 6.61. The van der Waals surface area contributed by atoms with Crippen molar-refractivity contribution in [1.29, 1.82) is 0 Å². The monoisotopic (exact) mass is 618 g/mol. The van der Waals surface area contributed by atoms with E-state index in [4.69, 9.17) is 5.11 Å². The number of aryl methyl sites for hydroxylation is 1. The van der Waals surface area contributed by atoms with Crippen LogP contribution in [0.15, 0.2) is 36.8 Å². The Morgan fingerprint density at radius 3 is 2.33 bits per heavy atom. The van der Waals surface area contributed by atoms with Gasteiger partial charge < -0.3 is 29.6 Å². The molecule has 0 aliphatic carbocycles. The number of nitrogens with one attached hydrogen (secondary N) is 1. The summed E-state index contributed by atoms with van der Waals surface area (Å²) >= 11 is 0. The lowest BCUT2D eigenvalue weighted by Gasteiger charge is -2.46. The van der Waals surface area contributed by atoms with Crippen LogP contribution >= 0.6 is 0 Å². The average molecular weight is 618 g/mol. The van der Waals surface area contributed by atoms with Crippen LogP contribution < -0.4 is 15.0 Å². The Hall–Kier alpha value is -4.74. The largest absolute Gasteiger partial charge is 0.502 e. The van der Waals surface area contributed by atoms with Crippen molar-refractivity contribution in [2.75, 3.05) is 23.3 Å². The predicted molar refractivity (Wildman–Crippen MR) is 131 cm³/mol. The van der Waals surface area contributed by atoms with Gasteiger partial charge in [-0.2, -0.15) is 22.0 Å². The quantitative estimate of drug-likeness (QED) is 0.248. The lowest BCUT2D eigenvalue weighted by atomic mass is 9.94. The van der Waals surface area contributed by atoms with Crippen LogP contribution in [0.25, 0.3) is 16.8 Å². The highest BCUT2D eigenvalue weighted by Crippen LogP contribution is 2.39. The zero-order valence-corrected chi connectivity index (χ0v) is 21.6. The van der Waals surface area contributed by atoms with Gasteiger partial charge >= 0.3 is 18.3 Å². The number of benzene rings is 1. The van der Waals surface area contributed by atoms with Crippen molar-refractivity contribution in [3.63, 3.8) is 0 Å². The second kappa shape index (κ2) is 10.2. The van der Waals surface area contributed by atoms with Crippen molar-refractivity contribution in [2.24, 2.45) is 0 Å². The number of hydrogen-bond acceptors (Lipinski definition) is 8. The van der Waals surface area contributed by atoms with E-state index in [-0.39, 0.29) is 41.0 Å². The molecule has 0 radical (unpaired) electrons. The van der Waals surface area contributed by atoms with Gasteiger partial charge in [-0.3, -0.25) is 0 Å². The van der Waals surface area contributed by atoms with Crippen LogP contribution in [-0.2, 0) is 11.3 Å². The van der Waals surface area contributed by atoms with Crippen LogP contribution in [0.5, 0.6) is 5.75 Å². The molecule has 5 rings (SSSR count). The number of halogens is 8. The van der Waals surface area contributed by atoms with Gasteiger partial charge in [0.25, 0.3) is 0 Å². The number of fused-ring (bicyclic) bond motifs is 1. The molecule has 0 spiro atoms. The summed E-state index contributed by atoms with van der Waals surface area (Å²) in [5.74, 6) is -7.67. The van der Waals surface area contributed by atoms with Crippen LogP contribution in [0.4, 0.5) is 46.8 Å². The molecule has 1 aliphatic heterocycles. The Morgan fingerprint density at radius 2 is 1.72 bits per heavy atom. The molecule has 1 aliphatic rings. The molecule has 1 saturated heterocycles. The maximum absolute atomic E-state index is 15.0. The zero-order valence-electron chi connectivity index (χ0n) is 21.6. The summed E-state index contributed by atoms with van der Waals surface area (Å²) < 4.78 is 115. The Balaban J connectivity index is 1.42. The van der Waals surface area contributed by atoms with Gasteiger partial charge in [0.15, 0.2) is 17.2 Å². The molecule has 4 aromatic rings. The number of anilines is 2. The van der Waals surface area contributed by atoms with E-state index in [2.05, 4.69) is 25.0 Å². The molecular formula is C25H18F8N6O4. The normalized spacial score (nSPS) is 15.0. The number of carboxylic acid groups (broad SMARTS) is 1. The van der Waals surface area contributed by atoms with Crippen LogP contribution in [0.3, 0.4) is 0 Å². The number of aliphatic hydroxyl groups is 1. The van der Waals surface area contributed by atoms with Crippen molar-refractivity contribution in [3.05, 3.63) is 65.6 Å². The number of imidazole rings is 1. The fraction of sp³-hybridized carbons (Fsp3) is 0.280. The highest BCUT2D eigenvalue weighted by atomic mass is 19.4. The summed E-state index contributed by atoms with van der Waals surface area (Å²) in [5.41, 5.74) is -2.87. The van der Waals surface area contributed by atoms with Crippen molar-refractivity contribution in [3.8, 4) is 16.9 Å². The van der Waals surface area contributed by atoms with E-state index >= 15 is 4.39 Å². The minimum atomic E-state index is -4.84. The number of alkyl halides is 5. The van der Waals surface area contributed by atoms with E-state index in [0.29, 0.717) is 11.8 Å². The van der Waals surface area contributed by atoms with E-state index in [1.54, 1.807) is 0 Å². The molecule has 1 aromatic carbocycles. The smallest absolute Gasteiger partial charge is 0.474 e. The molecule has 0 saturated carbocycles. The molecule has 0 bridgehead atoms. The summed E-state index contributed by atoms with van der Waals surface area (Å²) in [7, 11) is 0. The SMILES string of the molecule is Cc1nc2cc(F)c(-c3cnc(N4CC(O)(C(F)(F)F)C4)nc3)cn2c1CNc1cc(F)cc(F)c1OC(F)(F)C(=O)O. The van der Waals surface area contributed by atoms with Gasteiger partial charge in [0.1, 0.15) is 17.3 Å². The third-order valence-electron chi connectivity index (χ3n) is 6.61. The summed E-state index contributed by atoms with van der Waals surface area (Å²) in [6.07, 6.45) is -6.09. The van der Waals surface area contributed by atoms with E-state index < -0.39 is 65.8 Å². The number of ether oxygens (including phenoxy) is 1. The van der Waals surface area contributed by atoms with Crippen LogP contribution in [0.1, 0.15) is 11.4 Å². The highest BCUT2D eigenvalue weighted by Gasteiger charge is 2.61. The molecule has 18 heteroatoms. The number of pyridine rings is 1. The molecule has 4 heterocycles. The van der Waals surface area contributed by atoms with E-state index in [1.165, 1.54) is 17.5 Å². The van der Waals surface area contributed by atoms with Crippen molar-refractivity contribution in [1.82, 2.24) is 19.4 Å². The standard InChI is InChI=1S/C25H18F8N6O4/c1-11-18(7-34-17-3-13(26)2-16(28)20(17)43-24(29,30)21(40)41)39-8-14(15(27)4-19(39)37-11)12-5-35-22(36-6-12)38-9-23(42,10-38)25(31,32)33/h2-6,8,34,42H,7,9-10H2,1H3,(H,40,41). The molecule has 3 aromatic heterocycles. The van der Waals surface area contributed by atoms with Gasteiger partial charge in [0.05, 0.1) is 36.7 Å². The topological polar surface area (TPSA) is 125 Å². The Morgan fingerprint density at radius 1 is 1.07 bits per heavy atom. The van der Waals surface area contributed by atoms with E-state index in [1.807, 2.05) is 0 Å². The van der Waals surface area contributed by atoms with Crippen molar-refractivity contribution in [2.45, 2.75) is 31.4 Å². The number of hydrogen-bond donors (Lipinski definition) is 3. The maximum Gasteiger partial charge on any atom is 0.502 e. The molecule has 0 atom stereocenters. The molecule has 1 fully saturated rings. The van der Waals surface area contributed by atoms with Gasteiger partial charge in [0, 0.05) is 47.9 Å². The number of rotatable bonds is 8. The van der Waals surface area contributed by atoms with Gasteiger partial charge in [-0.05, 0) is 6.92 Å². The van der Waals surface area contributed by atoms with Gasteiger partial charge in [-0.1, -0.05) is 0 Å². The first kappa shape index (κ1) is 29.7. The molecule has 3 N–H and O–H groups in total. The van der Waals surface area contributed by atoms with E-state index in [9.17, 15) is 40.6 Å². The minimum Gasteiger partial charge on any atom is -0.474 e. The first-order valence-corrected chi connectivity index (χ1v) is 12.1. The second-order valence-corrected chi connectivity index (χ2v) is 9.61. The van der Waals surface area contributed by atoms with Gasteiger partial charge in [-0.15, -0.1) is 0 Å². The number of aliphatic carboxylic acids is 1. The van der Waals surface area contributed by atoms with Crippen molar-refractivity contribution < 1.29 is 54.9 Å². The van der Waals surface area contributed by atoms with Crippen LogP contribution in [-0.4, -0.2) is 66.5 Å². The lowest BCUT2D eigenvalue weighted by molar-refractivity contribution is -0.267. The number of carboxylic acids is 1. The Bertz CT molecular complexity index is 1720. The van der Waals surface area contributed by atoms with Gasteiger partial charge in [0.2, 0.25) is 5.95 Å². The number of aromatic nitrogens is 4. The summed E-state index contributed by atoms with van der Waals surface area (Å²) in [5, 5.41) is 20.7. The fourth-order valence-corrected chi connectivity index (χ4v) is 4.33. The predicted octanol–water partition coefficient (Wildman–Crippen LogP) is 4.30. The Kier molecular flexibility index (Phi) is 7.06. The van der Waals surface area contributed by atoms with Gasteiger partial charge in [-0.25, -0.2) is 32.9 Å². The number of nitrogens with zero attached hydrogens (tertiary/aromatic N) is 5. The highest BCUT2D eigenvalue weighted by molar-refractivity contribution is 5.74. The average Bonchev–Trinajstić information content (AvgIpc) is 3.19. The zero-order chi connectivity index (χ0) is 31.5. The molecule has 0 unspecified atom stereocenters. The van der Waals surface area contributed by atoms with Crippen LogP contribution in [0, 0.1) is 24.4 Å². The maximum atomic E-state index is 15.0. The molecule has 10 nitrogen and oxygen atoms in total. The minimum absolute atomic E-state index is 0.0740. The molecule has 228 valence electrons. The molecule has 43 heavy (non-hydrogen) atoms. The summed E-state index contributed by atoms with van der Waals surface area (Å²) in [6, 6.07) is 1.87. The molecule has 0 amide bonds. The van der Waals surface area contributed by atoms with Crippen LogP contribution in [0.2, 0.25) is 0 Å². The summed E-state index contributed by atoms with van der Waals surface area (Å²) in [4.78, 5) is 24.0. The second-order valence-electron chi connectivity index (χ2n) is 9.61. The first-order valence-electron chi connectivity index (χ1n) is 12.1. The fourth-order valence-electron chi connectivity index (χ4n) is 4.33. The van der Waals surface area contributed by atoms with E-state index in [0.717, 1.165) is 23.4 Å². The Labute approximate surface area is 235 Å². The summed E-state index contributed by atoms with van der Waals surface area (Å²) in [6.45, 7) is -0.396. The third kappa shape index (κ3) is 5.44. The number of carbonyl (C=O) groups is 1. The number of β-amino-alcohol motifs (C(OH)–C–C–N with tert-alkyl or cyclic N) is 1.